The molecule has 0 bridgehead atoms. The Labute approximate surface area is 85.2 Å². The molecule has 0 saturated carbocycles. The van der Waals surface area contributed by atoms with Gasteiger partial charge in [0.05, 0.1) is 0 Å². The van der Waals surface area contributed by atoms with E-state index in [4.69, 9.17) is 0 Å². The van der Waals surface area contributed by atoms with Crippen molar-refractivity contribution in [2.24, 2.45) is 0 Å². The van der Waals surface area contributed by atoms with Crippen LogP contribution < -0.4 is 0 Å². The number of halogens is 2. The lowest BCUT2D eigenvalue weighted by Crippen LogP contribution is -2.04. The van der Waals surface area contributed by atoms with Crippen molar-refractivity contribution in [3.63, 3.8) is 0 Å². The van der Waals surface area contributed by atoms with Gasteiger partial charge in [-0.2, -0.15) is 0 Å². The summed E-state index contributed by atoms with van der Waals surface area (Å²) in [7, 11) is 0. The van der Waals surface area contributed by atoms with Gasteiger partial charge in [-0.15, -0.1) is 0 Å². The van der Waals surface area contributed by atoms with E-state index < -0.39 is 17.7 Å². The molecule has 1 aromatic carbocycles. The minimum atomic E-state index is -1.17. The van der Waals surface area contributed by atoms with Crippen molar-refractivity contribution in [2.75, 3.05) is 0 Å². The van der Waals surface area contributed by atoms with Gasteiger partial charge in [0.15, 0.2) is 11.6 Å². The number of aromatic amines is 1. The highest BCUT2D eigenvalue weighted by atomic mass is 19.2. The van der Waals surface area contributed by atoms with Crippen LogP contribution >= 0.6 is 0 Å². The van der Waals surface area contributed by atoms with Crippen LogP contribution in [0.2, 0.25) is 0 Å². The molecule has 4 heteroatoms. The maximum Gasteiger partial charge on any atom is 0.165 e. The van der Waals surface area contributed by atoms with E-state index >= 15 is 0 Å². The van der Waals surface area contributed by atoms with Crippen LogP contribution in [0.1, 0.15) is 17.4 Å². The third kappa shape index (κ3) is 1.76. The normalized spacial score (nSPS) is 12.7. The first-order valence-electron chi connectivity index (χ1n) is 4.45. The molecule has 2 rings (SSSR count). The standard InChI is InChI=1S/C11H9F2NO/c12-8-4-1-3-7(10(8)13)11(15)9-5-2-6-14-9/h1-6,11,14-15H. The number of aliphatic hydroxyl groups is 1. The lowest BCUT2D eigenvalue weighted by molar-refractivity contribution is 0.209. The van der Waals surface area contributed by atoms with Crippen LogP contribution in [0, 0.1) is 11.6 Å². The van der Waals surface area contributed by atoms with Gasteiger partial charge in [0.2, 0.25) is 0 Å². The smallest absolute Gasteiger partial charge is 0.165 e. The van der Waals surface area contributed by atoms with E-state index in [0.717, 1.165) is 6.07 Å². The van der Waals surface area contributed by atoms with Crippen LogP contribution in [0.25, 0.3) is 0 Å². The number of nitrogens with one attached hydrogen (secondary N) is 1. The third-order valence-corrected chi connectivity index (χ3v) is 2.19. The quantitative estimate of drug-likeness (QED) is 0.782. The largest absolute Gasteiger partial charge is 0.382 e. The van der Waals surface area contributed by atoms with Gasteiger partial charge in [-0.1, -0.05) is 12.1 Å². The fourth-order valence-corrected chi connectivity index (χ4v) is 1.41. The molecule has 0 spiro atoms. The lowest BCUT2D eigenvalue weighted by atomic mass is 10.1. The van der Waals surface area contributed by atoms with Gasteiger partial charge in [0.1, 0.15) is 6.10 Å². The summed E-state index contributed by atoms with van der Waals surface area (Å²) in [6.07, 6.45) is 0.436. The summed E-state index contributed by atoms with van der Waals surface area (Å²) >= 11 is 0. The zero-order chi connectivity index (χ0) is 10.8. The molecule has 15 heavy (non-hydrogen) atoms. The second kappa shape index (κ2) is 3.82. The fraction of sp³-hybridized carbons (Fsp3) is 0.0909. The molecule has 0 fully saturated rings. The monoisotopic (exact) mass is 209 g/mol. The van der Waals surface area contributed by atoms with Crippen molar-refractivity contribution in [1.29, 1.82) is 0 Å². The van der Waals surface area contributed by atoms with E-state index in [1.54, 1.807) is 18.3 Å². The minimum absolute atomic E-state index is 0.0718. The number of aromatic nitrogens is 1. The molecule has 0 aliphatic heterocycles. The summed E-state index contributed by atoms with van der Waals surface area (Å²) < 4.78 is 26.2. The van der Waals surface area contributed by atoms with Crippen LogP contribution in [0.5, 0.6) is 0 Å². The van der Waals surface area contributed by atoms with Gasteiger partial charge in [0.25, 0.3) is 0 Å². The Morgan fingerprint density at radius 1 is 1.13 bits per heavy atom. The number of benzene rings is 1. The van der Waals surface area contributed by atoms with Gasteiger partial charge in [-0.25, -0.2) is 8.78 Å². The Hall–Kier alpha value is -1.68. The van der Waals surface area contributed by atoms with Gasteiger partial charge < -0.3 is 10.1 Å². The van der Waals surface area contributed by atoms with Crippen molar-refractivity contribution in [2.45, 2.75) is 6.10 Å². The molecule has 0 radical (unpaired) electrons. The molecule has 0 aliphatic carbocycles. The summed E-state index contributed by atoms with van der Waals surface area (Å²) in [4.78, 5) is 2.74. The van der Waals surface area contributed by atoms with Crippen molar-refractivity contribution in [3.8, 4) is 0 Å². The molecule has 1 aromatic heterocycles. The molecular weight excluding hydrogens is 200 g/mol. The number of rotatable bonds is 2. The fourth-order valence-electron chi connectivity index (χ4n) is 1.41. The first-order chi connectivity index (χ1) is 7.20. The summed E-state index contributed by atoms with van der Waals surface area (Å²) in [6.45, 7) is 0. The number of H-pyrrole nitrogens is 1. The highest BCUT2D eigenvalue weighted by Crippen LogP contribution is 2.24. The summed E-state index contributed by atoms with van der Waals surface area (Å²) in [6, 6.07) is 7.01. The topological polar surface area (TPSA) is 36.0 Å². The van der Waals surface area contributed by atoms with Crippen LogP contribution in [-0.2, 0) is 0 Å². The molecule has 1 unspecified atom stereocenters. The van der Waals surface area contributed by atoms with Crippen LogP contribution in [0.4, 0.5) is 8.78 Å². The lowest BCUT2D eigenvalue weighted by Gasteiger charge is -2.10. The molecule has 2 aromatic rings. The van der Waals surface area contributed by atoms with Crippen molar-refractivity contribution >= 4 is 0 Å². The summed E-state index contributed by atoms with van der Waals surface area (Å²) in [5, 5.41) is 9.75. The highest BCUT2D eigenvalue weighted by molar-refractivity contribution is 5.27. The average Bonchev–Trinajstić information content (AvgIpc) is 2.74. The number of aliphatic hydroxyl groups excluding tert-OH is 1. The molecule has 0 aliphatic rings. The Kier molecular flexibility index (Phi) is 2.51. The molecule has 1 atom stereocenters. The number of hydrogen-bond donors (Lipinski definition) is 2. The molecule has 78 valence electrons. The average molecular weight is 209 g/mol. The van der Waals surface area contributed by atoms with E-state index in [0.29, 0.717) is 5.69 Å². The van der Waals surface area contributed by atoms with Crippen LogP contribution in [0.3, 0.4) is 0 Å². The zero-order valence-electron chi connectivity index (χ0n) is 7.74. The second-order valence-electron chi connectivity index (χ2n) is 3.17. The predicted molar refractivity (Wildman–Crippen MR) is 51.2 cm³/mol. The Morgan fingerprint density at radius 3 is 2.60 bits per heavy atom. The molecule has 2 N–H and O–H groups in total. The van der Waals surface area contributed by atoms with Crippen molar-refractivity contribution in [3.05, 3.63) is 59.4 Å². The van der Waals surface area contributed by atoms with E-state index in [9.17, 15) is 13.9 Å². The SMILES string of the molecule is OC(c1ccc[nH]1)c1cccc(F)c1F. The highest BCUT2D eigenvalue weighted by Gasteiger charge is 2.17. The minimum Gasteiger partial charge on any atom is -0.382 e. The predicted octanol–water partition coefficient (Wildman–Crippen LogP) is 2.37. The molecule has 1 heterocycles. The molecule has 0 amide bonds. The third-order valence-electron chi connectivity index (χ3n) is 2.19. The van der Waals surface area contributed by atoms with E-state index in [-0.39, 0.29) is 5.56 Å². The van der Waals surface area contributed by atoms with Crippen molar-refractivity contribution in [1.82, 2.24) is 4.98 Å². The van der Waals surface area contributed by atoms with E-state index in [2.05, 4.69) is 4.98 Å². The van der Waals surface area contributed by atoms with Gasteiger partial charge in [-0.3, -0.25) is 0 Å². The first kappa shape index (κ1) is 9.86. The molecular formula is C11H9F2NO. The molecule has 0 saturated heterocycles. The second-order valence-corrected chi connectivity index (χ2v) is 3.17. The van der Waals surface area contributed by atoms with Crippen molar-refractivity contribution < 1.29 is 13.9 Å². The molecule has 2 nitrogen and oxygen atoms in total. The summed E-state index contributed by atoms with van der Waals surface area (Å²) in [5.74, 6) is -1.97. The maximum atomic E-state index is 13.3. The van der Waals surface area contributed by atoms with Gasteiger partial charge in [-0.05, 0) is 18.2 Å². The Morgan fingerprint density at radius 2 is 1.93 bits per heavy atom. The Bertz CT molecular complexity index is 454. The first-order valence-corrected chi connectivity index (χ1v) is 4.45. The van der Waals surface area contributed by atoms with Gasteiger partial charge in [0, 0.05) is 17.5 Å². The Balaban J connectivity index is 2.42. The maximum absolute atomic E-state index is 13.3. The van der Waals surface area contributed by atoms with E-state index in [1.165, 1.54) is 12.1 Å². The van der Waals surface area contributed by atoms with Gasteiger partial charge >= 0.3 is 0 Å². The van der Waals surface area contributed by atoms with Crippen LogP contribution in [-0.4, -0.2) is 10.1 Å². The zero-order valence-corrected chi connectivity index (χ0v) is 7.74. The van der Waals surface area contributed by atoms with E-state index in [1.807, 2.05) is 0 Å². The van der Waals surface area contributed by atoms with Crippen LogP contribution in [0.15, 0.2) is 36.5 Å². The summed E-state index contributed by atoms with van der Waals surface area (Å²) in [5.41, 5.74) is 0.358. The number of hydrogen-bond acceptors (Lipinski definition) is 1.